The van der Waals surface area contributed by atoms with E-state index in [2.05, 4.69) is 10.4 Å². The van der Waals surface area contributed by atoms with Crippen LogP contribution in [0.25, 0.3) is 11.8 Å². The number of esters is 1. The molecular formula is C22H21N3O4. The van der Waals surface area contributed by atoms with Crippen molar-refractivity contribution < 1.29 is 19.1 Å². The number of rotatable bonds is 7. The highest BCUT2D eigenvalue weighted by molar-refractivity contribution is 6.04. The van der Waals surface area contributed by atoms with Crippen molar-refractivity contribution in [1.29, 1.82) is 0 Å². The minimum Gasteiger partial charge on any atom is -0.493 e. The standard InChI is InChI=1S/C22H21N3O4/c1-3-29-20(26)14-11-16-9-12-17(13-10-16)23-22(27)21-19(28-2)15-25(24-21)18-7-5-4-6-8-18/h4-15H,3H2,1-2H3,(H,23,27). The first-order valence-corrected chi connectivity index (χ1v) is 9.06. The molecule has 7 nitrogen and oxygen atoms in total. The van der Waals surface area contributed by atoms with Gasteiger partial charge in [0.1, 0.15) is 0 Å². The van der Waals surface area contributed by atoms with Crippen LogP contribution in [0.3, 0.4) is 0 Å². The Morgan fingerprint density at radius 1 is 1.10 bits per heavy atom. The Morgan fingerprint density at radius 3 is 2.48 bits per heavy atom. The maximum absolute atomic E-state index is 12.7. The number of nitrogens with one attached hydrogen (secondary N) is 1. The van der Waals surface area contributed by atoms with Gasteiger partial charge in [0.05, 0.1) is 25.6 Å². The first-order chi connectivity index (χ1) is 14.1. The molecule has 2 aromatic carbocycles. The molecule has 1 aromatic heterocycles. The highest BCUT2D eigenvalue weighted by atomic mass is 16.5. The van der Waals surface area contributed by atoms with E-state index in [1.807, 2.05) is 30.3 Å². The summed E-state index contributed by atoms with van der Waals surface area (Å²) < 4.78 is 11.7. The molecule has 0 aliphatic rings. The van der Waals surface area contributed by atoms with Crippen molar-refractivity contribution in [3.63, 3.8) is 0 Å². The van der Waals surface area contributed by atoms with E-state index in [-0.39, 0.29) is 11.6 Å². The van der Waals surface area contributed by atoms with Gasteiger partial charge in [-0.2, -0.15) is 5.10 Å². The van der Waals surface area contributed by atoms with E-state index in [0.717, 1.165) is 11.3 Å². The number of amides is 1. The predicted molar refractivity (Wildman–Crippen MR) is 110 cm³/mol. The number of carbonyl (C=O) groups excluding carboxylic acids is 2. The molecule has 148 valence electrons. The fourth-order valence-corrected chi connectivity index (χ4v) is 2.60. The molecule has 29 heavy (non-hydrogen) atoms. The van der Waals surface area contributed by atoms with E-state index in [1.54, 1.807) is 48.1 Å². The number of methoxy groups -OCH3 is 1. The average Bonchev–Trinajstić information content (AvgIpc) is 3.19. The number of hydrogen-bond acceptors (Lipinski definition) is 5. The van der Waals surface area contributed by atoms with Crippen molar-refractivity contribution in [3.05, 3.63) is 78.1 Å². The Labute approximate surface area is 168 Å². The summed E-state index contributed by atoms with van der Waals surface area (Å²) >= 11 is 0. The number of hydrogen-bond donors (Lipinski definition) is 1. The maximum atomic E-state index is 12.7. The van der Waals surface area contributed by atoms with Crippen molar-refractivity contribution in [1.82, 2.24) is 9.78 Å². The van der Waals surface area contributed by atoms with Crippen molar-refractivity contribution in [2.75, 3.05) is 19.0 Å². The van der Waals surface area contributed by atoms with Gasteiger partial charge in [0.15, 0.2) is 11.4 Å². The number of para-hydroxylation sites is 1. The summed E-state index contributed by atoms with van der Waals surface area (Å²) in [5.74, 6) is -0.405. The largest absolute Gasteiger partial charge is 0.493 e. The summed E-state index contributed by atoms with van der Waals surface area (Å²) in [6.45, 7) is 2.08. The van der Waals surface area contributed by atoms with Gasteiger partial charge in [-0.05, 0) is 42.8 Å². The molecule has 0 radical (unpaired) electrons. The third kappa shape index (κ3) is 5.10. The normalized spacial score (nSPS) is 10.7. The second-order valence-corrected chi connectivity index (χ2v) is 5.99. The smallest absolute Gasteiger partial charge is 0.330 e. The van der Waals surface area contributed by atoms with Crippen molar-refractivity contribution >= 4 is 23.6 Å². The van der Waals surface area contributed by atoms with Gasteiger partial charge >= 0.3 is 5.97 Å². The van der Waals surface area contributed by atoms with Crippen LogP contribution >= 0.6 is 0 Å². The summed E-state index contributed by atoms with van der Waals surface area (Å²) in [5, 5.41) is 7.15. The Kier molecular flexibility index (Phi) is 6.42. The van der Waals surface area contributed by atoms with E-state index in [9.17, 15) is 9.59 Å². The predicted octanol–water partition coefficient (Wildman–Crippen LogP) is 3.71. The number of ether oxygens (including phenoxy) is 2. The van der Waals surface area contributed by atoms with E-state index >= 15 is 0 Å². The van der Waals surface area contributed by atoms with Gasteiger partial charge < -0.3 is 14.8 Å². The van der Waals surface area contributed by atoms with Gasteiger partial charge in [-0.25, -0.2) is 9.48 Å². The van der Waals surface area contributed by atoms with Crippen LogP contribution in [-0.4, -0.2) is 35.4 Å². The lowest BCUT2D eigenvalue weighted by molar-refractivity contribution is -0.137. The zero-order valence-corrected chi connectivity index (χ0v) is 16.2. The number of nitrogens with zero attached hydrogens (tertiary/aromatic N) is 2. The monoisotopic (exact) mass is 391 g/mol. The summed E-state index contributed by atoms with van der Waals surface area (Å²) in [6, 6.07) is 16.5. The van der Waals surface area contributed by atoms with Crippen molar-refractivity contribution in [2.45, 2.75) is 6.92 Å². The lowest BCUT2D eigenvalue weighted by atomic mass is 10.2. The van der Waals surface area contributed by atoms with Crippen LogP contribution in [0, 0.1) is 0 Å². The highest BCUT2D eigenvalue weighted by Crippen LogP contribution is 2.21. The van der Waals surface area contributed by atoms with Crippen molar-refractivity contribution in [2.24, 2.45) is 0 Å². The van der Waals surface area contributed by atoms with Gasteiger partial charge in [0, 0.05) is 11.8 Å². The molecule has 0 unspecified atom stereocenters. The second kappa shape index (κ2) is 9.36. The zero-order chi connectivity index (χ0) is 20.6. The van der Waals surface area contributed by atoms with Crippen molar-refractivity contribution in [3.8, 4) is 11.4 Å². The molecule has 3 aromatic rings. The Bertz CT molecular complexity index is 1010. The quantitative estimate of drug-likeness (QED) is 0.490. The lowest BCUT2D eigenvalue weighted by Crippen LogP contribution is -2.14. The van der Waals surface area contributed by atoms with E-state index in [4.69, 9.17) is 9.47 Å². The molecule has 0 saturated carbocycles. The second-order valence-electron chi connectivity index (χ2n) is 5.99. The Balaban J connectivity index is 1.72. The van der Waals surface area contributed by atoms with Crippen LogP contribution in [0.1, 0.15) is 23.0 Å². The fourth-order valence-electron chi connectivity index (χ4n) is 2.60. The molecule has 0 fully saturated rings. The van der Waals surface area contributed by atoms with Crippen LogP contribution < -0.4 is 10.1 Å². The van der Waals surface area contributed by atoms with Gasteiger partial charge in [0.25, 0.3) is 5.91 Å². The average molecular weight is 391 g/mol. The van der Waals surface area contributed by atoms with Gasteiger partial charge in [-0.3, -0.25) is 4.79 Å². The Morgan fingerprint density at radius 2 is 1.83 bits per heavy atom. The number of benzene rings is 2. The lowest BCUT2D eigenvalue weighted by Gasteiger charge is -2.05. The molecule has 0 saturated heterocycles. The number of carbonyl (C=O) groups is 2. The minimum absolute atomic E-state index is 0.183. The third-order valence-corrected chi connectivity index (χ3v) is 4.00. The number of aromatic nitrogens is 2. The summed E-state index contributed by atoms with van der Waals surface area (Å²) in [7, 11) is 1.49. The fraction of sp³-hybridized carbons (Fsp3) is 0.136. The maximum Gasteiger partial charge on any atom is 0.330 e. The molecular weight excluding hydrogens is 370 g/mol. The molecule has 1 N–H and O–H groups in total. The summed E-state index contributed by atoms with van der Waals surface area (Å²) in [6.07, 6.45) is 4.67. The highest BCUT2D eigenvalue weighted by Gasteiger charge is 2.18. The van der Waals surface area contributed by atoms with Crippen LogP contribution in [0.2, 0.25) is 0 Å². The molecule has 0 aliphatic carbocycles. The zero-order valence-electron chi connectivity index (χ0n) is 16.2. The minimum atomic E-state index is -0.397. The van der Waals surface area contributed by atoms with Crippen LogP contribution in [0.4, 0.5) is 5.69 Å². The molecule has 0 bridgehead atoms. The molecule has 0 aliphatic heterocycles. The van der Waals surface area contributed by atoms with Crippen LogP contribution in [-0.2, 0) is 9.53 Å². The van der Waals surface area contributed by atoms with E-state index in [1.165, 1.54) is 13.2 Å². The molecule has 1 heterocycles. The first-order valence-electron chi connectivity index (χ1n) is 9.06. The molecule has 3 rings (SSSR count). The summed E-state index contributed by atoms with van der Waals surface area (Å²) in [4.78, 5) is 24.0. The number of anilines is 1. The SMILES string of the molecule is CCOC(=O)C=Cc1ccc(NC(=O)c2nn(-c3ccccc3)cc2OC)cc1. The van der Waals surface area contributed by atoms with Gasteiger partial charge in [-0.1, -0.05) is 30.3 Å². The molecule has 0 atom stereocenters. The van der Waals surface area contributed by atoms with Gasteiger partial charge in [-0.15, -0.1) is 0 Å². The van der Waals surface area contributed by atoms with E-state index < -0.39 is 5.97 Å². The van der Waals surface area contributed by atoms with Gasteiger partial charge in [0.2, 0.25) is 0 Å². The third-order valence-electron chi connectivity index (χ3n) is 4.00. The van der Waals surface area contributed by atoms with E-state index in [0.29, 0.717) is 18.0 Å². The van der Waals surface area contributed by atoms with Crippen LogP contribution in [0.15, 0.2) is 66.9 Å². The topological polar surface area (TPSA) is 82.5 Å². The molecule has 0 spiro atoms. The summed E-state index contributed by atoms with van der Waals surface area (Å²) in [5.41, 5.74) is 2.41. The molecule has 1 amide bonds. The first kappa shape index (κ1) is 19.9. The van der Waals surface area contributed by atoms with Crippen LogP contribution in [0.5, 0.6) is 5.75 Å². The molecule has 7 heteroatoms. The Hall–Kier alpha value is -3.87.